The average molecular weight is 479 g/mol. The van der Waals surface area contributed by atoms with Gasteiger partial charge < -0.3 is 18.9 Å². The van der Waals surface area contributed by atoms with E-state index in [0.29, 0.717) is 30.2 Å². The summed E-state index contributed by atoms with van der Waals surface area (Å²) in [7, 11) is 4.43. The van der Waals surface area contributed by atoms with Gasteiger partial charge in [0.15, 0.2) is 11.5 Å². The molecule has 0 aromatic heterocycles. The zero-order valence-corrected chi connectivity index (χ0v) is 19.8. The normalized spacial score (nSPS) is 28.9. The van der Waals surface area contributed by atoms with Crippen LogP contribution in [0.5, 0.6) is 17.2 Å². The highest BCUT2D eigenvalue weighted by Gasteiger charge is 2.73. The van der Waals surface area contributed by atoms with Crippen LogP contribution in [0.25, 0.3) is 11.1 Å². The minimum atomic E-state index is -1.13. The van der Waals surface area contributed by atoms with E-state index in [1.165, 1.54) is 19.1 Å². The molecule has 2 amide bonds. The maximum atomic E-state index is 13.3. The van der Waals surface area contributed by atoms with Crippen molar-refractivity contribution in [2.24, 2.45) is 11.8 Å². The number of nitrogens with zero attached hydrogens (tertiary/aromatic N) is 2. The number of fused-ring (bicyclic) bond motifs is 4. The summed E-state index contributed by atoms with van der Waals surface area (Å²) in [5, 5.41) is 0. The van der Waals surface area contributed by atoms with E-state index in [1.54, 1.807) is 7.11 Å². The number of benzene rings is 2. The Morgan fingerprint density at radius 3 is 2.63 bits per heavy atom. The first-order valence-electron chi connectivity index (χ1n) is 11.7. The summed E-state index contributed by atoms with van der Waals surface area (Å²) in [6.07, 6.45) is 1.23. The Balaban J connectivity index is 1.46. The fourth-order valence-corrected chi connectivity index (χ4v) is 6.54. The van der Waals surface area contributed by atoms with Crippen molar-refractivity contribution in [2.45, 2.75) is 24.4 Å². The van der Waals surface area contributed by atoms with Gasteiger partial charge in [0.05, 0.1) is 26.1 Å². The minimum absolute atomic E-state index is 0.193. The summed E-state index contributed by atoms with van der Waals surface area (Å²) >= 11 is 0. The summed E-state index contributed by atoms with van der Waals surface area (Å²) in [6, 6.07) is 11.1. The van der Waals surface area contributed by atoms with Crippen LogP contribution >= 0.6 is 0 Å². The largest absolute Gasteiger partial charge is 0.496 e. The molecule has 0 saturated carbocycles. The van der Waals surface area contributed by atoms with Gasteiger partial charge in [-0.2, -0.15) is 0 Å². The molecule has 35 heavy (non-hydrogen) atoms. The third-order valence-corrected chi connectivity index (χ3v) is 8.02. The molecule has 3 unspecified atom stereocenters. The van der Waals surface area contributed by atoms with E-state index in [4.69, 9.17) is 18.9 Å². The van der Waals surface area contributed by atoms with Crippen molar-refractivity contribution in [3.63, 3.8) is 0 Å². The van der Waals surface area contributed by atoms with E-state index in [2.05, 4.69) is 0 Å². The lowest BCUT2D eigenvalue weighted by atomic mass is 9.77. The highest BCUT2D eigenvalue weighted by molar-refractivity contribution is 6.09. The minimum Gasteiger partial charge on any atom is -0.496 e. The van der Waals surface area contributed by atoms with Crippen molar-refractivity contribution in [1.82, 2.24) is 9.80 Å². The van der Waals surface area contributed by atoms with E-state index in [9.17, 15) is 14.4 Å². The van der Waals surface area contributed by atoms with Gasteiger partial charge >= 0.3 is 5.97 Å². The van der Waals surface area contributed by atoms with Crippen LogP contribution in [0.2, 0.25) is 0 Å². The third kappa shape index (κ3) is 2.81. The second kappa shape index (κ2) is 7.71. The smallest absolute Gasteiger partial charge is 0.327 e. The Labute approximate surface area is 202 Å². The maximum absolute atomic E-state index is 13.3. The second-order valence-corrected chi connectivity index (χ2v) is 9.42. The number of rotatable bonds is 4. The molecule has 4 atom stereocenters. The molecule has 3 saturated heterocycles. The van der Waals surface area contributed by atoms with E-state index >= 15 is 0 Å². The first-order valence-corrected chi connectivity index (χ1v) is 11.7. The van der Waals surface area contributed by atoms with E-state index in [-0.39, 0.29) is 18.6 Å². The SMILES string of the molecule is COC(=O)[C@@]12CCCN1C(c1ccc(-c3ccc4c(c3)OCO4)c(OC)c1)C1C(=O)N(C)C(=O)C12. The molecule has 0 radical (unpaired) electrons. The average Bonchev–Trinajstić information content (AvgIpc) is 3.62. The highest BCUT2D eigenvalue weighted by atomic mass is 16.7. The Hall–Kier alpha value is -3.59. The summed E-state index contributed by atoms with van der Waals surface area (Å²) in [5.74, 6) is -0.461. The van der Waals surface area contributed by atoms with Crippen LogP contribution in [0.4, 0.5) is 0 Å². The molecule has 0 N–H and O–H groups in total. The van der Waals surface area contributed by atoms with E-state index in [1.807, 2.05) is 41.3 Å². The van der Waals surface area contributed by atoms with Crippen molar-refractivity contribution < 1.29 is 33.3 Å². The highest BCUT2D eigenvalue weighted by Crippen LogP contribution is 2.59. The van der Waals surface area contributed by atoms with Gasteiger partial charge in [0.2, 0.25) is 18.6 Å². The number of carbonyl (C=O) groups excluding carboxylic acids is 3. The number of methoxy groups -OCH3 is 2. The molecule has 2 aromatic carbocycles. The zero-order chi connectivity index (χ0) is 24.5. The van der Waals surface area contributed by atoms with Gasteiger partial charge in [0.1, 0.15) is 11.3 Å². The number of ether oxygens (including phenoxy) is 4. The molecule has 182 valence electrons. The van der Waals surface area contributed by atoms with Crippen LogP contribution in [0.15, 0.2) is 36.4 Å². The van der Waals surface area contributed by atoms with Crippen LogP contribution in [-0.4, -0.2) is 67.7 Å². The molecule has 2 aromatic rings. The molecule has 9 heteroatoms. The molecular formula is C26H26N2O7. The second-order valence-electron chi connectivity index (χ2n) is 9.42. The Bertz CT molecular complexity index is 1260. The van der Waals surface area contributed by atoms with Gasteiger partial charge in [-0.25, -0.2) is 0 Å². The zero-order valence-electron chi connectivity index (χ0n) is 19.8. The fourth-order valence-electron chi connectivity index (χ4n) is 6.54. The van der Waals surface area contributed by atoms with Gasteiger partial charge in [-0.1, -0.05) is 18.2 Å². The number of imide groups is 1. The molecular weight excluding hydrogens is 452 g/mol. The topological polar surface area (TPSA) is 94.6 Å². The van der Waals surface area contributed by atoms with E-state index in [0.717, 1.165) is 23.1 Å². The van der Waals surface area contributed by atoms with Crippen LogP contribution in [0, 0.1) is 11.8 Å². The third-order valence-electron chi connectivity index (χ3n) is 8.02. The lowest BCUT2D eigenvalue weighted by Crippen LogP contribution is -2.54. The Kier molecular flexibility index (Phi) is 4.83. The van der Waals surface area contributed by atoms with Crippen LogP contribution < -0.4 is 14.2 Å². The summed E-state index contributed by atoms with van der Waals surface area (Å²) < 4.78 is 21.9. The lowest BCUT2D eigenvalue weighted by Gasteiger charge is -2.35. The predicted octanol–water partition coefficient (Wildman–Crippen LogP) is 2.38. The molecule has 4 aliphatic rings. The molecule has 3 fully saturated rings. The predicted molar refractivity (Wildman–Crippen MR) is 123 cm³/mol. The molecule has 0 bridgehead atoms. The van der Waals surface area contributed by atoms with Crippen molar-refractivity contribution in [1.29, 1.82) is 0 Å². The first-order chi connectivity index (χ1) is 16.9. The first kappa shape index (κ1) is 21.9. The van der Waals surface area contributed by atoms with Crippen molar-refractivity contribution >= 4 is 17.8 Å². The van der Waals surface area contributed by atoms with Gasteiger partial charge in [-0.05, 0) is 48.7 Å². The van der Waals surface area contributed by atoms with Gasteiger partial charge in [-0.15, -0.1) is 0 Å². The fraction of sp³-hybridized carbons (Fsp3) is 0.423. The van der Waals surface area contributed by atoms with Crippen LogP contribution in [0.1, 0.15) is 24.4 Å². The number of amides is 2. The molecule has 0 spiro atoms. The number of likely N-dealkylation sites (tertiary alicyclic amines) is 1. The number of hydrogen-bond donors (Lipinski definition) is 0. The molecule has 4 aliphatic heterocycles. The summed E-state index contributed by atoms with van der Waals surface area (Å²) in [4.78, 5) is 42.9. The number of esters is 1. The van der Waals surface area contributed by atoms with Crippen LogP contribution in [0.3, 0.4) is 0 Å². The molecule has 0 aliphatic carbocycles. The Morgan fingerprint density at radius 2 is 1.86 bits per heavy atom. The maximum Gasteiger partial charge on any atom is 0.327 e. The molecule has 6 rings (SSSR count). The molecule has 4 heterocycles. The number of hydrogen-bond acceptors (Lipinski definition) is 8. The number of carbonyl (C=O) groups is 3. The summed E-state index contributed by atoms with van der Waals surface area (Å²) in [6.45, 7) is 0.793. The monoisotopic (exact) mass is 478 g/mol. The van der Waals surface area contributed by atoms with Gasteiger partial charge in [-0.3, -0.25) is 24.2 Å². The van der Waals surface area contributed by atoms with E-state index < -0.39 is 29.4 Å². The van der Waals surface area contributed by atoms with Crippen molar-refractivity contribution in [2.75, 3.05) is 34.6 Å². The van der Waals surface area contributed by atoms with Crippen LogP contribution in [-0.2, 0) is 19.1 Å². The summed E-state index contributed by atoms with van der Waals surface area (Å²) in [5.41, 5.74) is 1.45. The van der Waals surface area contributed by atoms with Gasteiger partial charge in [0.25, 0.3) is 0 Å². The van der Waals surface area contributed by atoms with Crippen molar-refractivity contribution in [3.05, 3.63) is 42.0 Å². The van der Waals surface area contributed by atoms with Gasteiger partial charge in [0, 0.05) is 18.7 Å². The quantitative estimate of drug-likeness (QED) is 0.489. The molecule has 9 nitrogen and oxygen atoms in total. The van der Waals surface area contributed by atoms with Crippen molar-refractivity contribution in [3.8, 4) is 28.4 Å². The lowest BCUT2D eigenvalue weighted by molar-refractivity contribution is -0.158. The Morgan fingerprint density at radius 1 is 1.06 bits per heavy atom. The standard InChI is InChI=1S/C26H26N2O7/c1-27-23(29)20-21(24(27)30)26(25(31)33-3)9-4-10-28(26)22(20)15-5-7-16(18(12-15)32-2)14-6-8-17-19(11-14)35-13-34-17/h5-8,11-12,20-22H,4,9-10,13H2,1-3H3/t20?,21?,22?,26-/m0/s1.